The fourth-order valence-electron chi connectivity index (χ4n) is 2.39. The monoisotopic (exact) mass is 244 g/mol. The summed E-state index contributed by atoms with van der Waals surface area (Å²) in [6.07, 6.45) is 2.15. The maximum Gasteiger partial charge on any atom is 0.258 e. The van der Waals surface area contributed by atoms with Crippen LogP contribution in [-0.2, 0) is 0 Å². The van der Waals surface area contributed by atoms with Crippen molar-refractivity contribution >= 4 is 10.8 Å². The van der Waals surface area contributed by atoms with Crippen LogP contribution in [0.5, 0.6) is 5.88 Å². The van der Waals surface area contributed by atoms with Gasteiger partial charge in [0.25, 0.3) is 5.56 Å². The van der Waals surface area contributed by atoms with Gasteiger partial charge in [-0.05, 0) is 36.8 Å². The van der Waals surface area contributed by atoms with E-state index in [9.17, 15) is 4.79 Å². The van der Waals surface area contributed by atoms with Gasteiger partial charge in [0.1, 0.15) is 6.10 Å². The fraction of sp³-hybridized carbons (Fsp3) is 0.357. The van der Waals surface area contributed by atoms with Crippen molar-refractivity contribution in [2.45, 2.75) is 18.9 Å². The van der Waals surface area contributed by atoms with Crippen molar-refractivity contribution in [1.82, 2.24) is 4.98 Å². The SMILES string of the molecule is NCC1CC(Oc2cc3ccccc3c(=O)[nH]2)C1. The van der Waals surface area contributed by atoms with Crippen LogP contribution in [-0.4, -0.2) is 17.6 Å². The summed E-state index contributed by atoms with van der Waals surface area (Å²) < 4.78 is 5.76. The maximum atomic E-state index is 11.9. The number of hydrogen-bond donors (Lipinski definition) is 2. The lowest BCUT2D eigenvalue weighted by Crippen LogP contribution is -2.38. The third-order valence-corrected chi connectivity index (χ3v) is 3.55. The molecule has 4 heteroatoms. The highest BCUT2D eigenvalue weighted by atomic mass is 16.5. The molecule has 1 fully saturated rings. The highest BCUT2D eigenvalue weighted by Gasteiger charge is 2.29. The molecule has 94 valence electrons. The molecule has 1 heterocycles. The second kappa shape index (κ2) is 4.46. The molecule has 0 spiro atoms. The smallest absolute Gasteiger partial charge is 0.258 e. The number of aromatic amines is 1. The first-order valence-corrected chi connectivity index (χ1v) is 6.25. The van der Waals surface area contributed by atoms with E-state index in [4.69, 9.17) is 10.5 Å². The van der Waals surface area contributed by atoms with Crippen LogP contribution >= 0.6 is 0 Å². The zero-order valence-corrected chi connectivity index (χ0v) is 10.1. The van der Waals surface area contributed by atoms with E-state index >= 15 is 0 Å². The van der Waals surface area contributed by atoms with Gasteiger partial charge in [0.15, 0.2) is 5.88 Å². The molecule has 1 aliphatic rings. The first-order valence-electron chi connectivity index (χ1n) is 6.25. The minimum absolute atomic E-state index is 0.0993. The maximum absolute atomic E-state index is 11.9. The van der Waals surface area contributed by atoms with Crippen molar-refractivity contribution < 1.29 is 4.74 Å². The Hall–Kier alpha value is -1.81. The Balaban J connectivity index is 1.83. The molecule has 1 aromatic heterocycles. The van der Waals surface area contributed by atoms with E-state index < -0.39 is 0 Å². The molecule has 18 heavy (non-hydrogen) atoms. The summed E-state index contributed by atoms with van der Waals surface area (Å²) in [7, 11) is 0. The van der Waals surface area contributed by atoms with Crippen LogP contribution in [0.3, 0.4) is 0 Å². The lowest BCUT2D eigenvalue weighted by molar-refractivity contribution is 0.0649. The summed E-state index contributed by atoms with van der Waals surface area (Å²) >= 11 is 0. The van der Waals surface area contributed by atoms with Gasteiger partial charge in [-0.15, -0.1) is 0 Å². The molecule has 3 rings (SSSR count). The number of fused-ring (bicyclic) bond motifs is 1. The largest absolute Gasteiger partial charge is 0.476 e. The fourth-order valence-corrected chi connectivity index (χ4v) is 2.39. The van der Waals surface area contributed by atoms with Crippen molar-refractivity contribution in [3.8, 4) is 5.88 Å². The number of hydrogen-bond acceptors (Lipinski definition) is 3. The van der Waals surface area contributed by atoms with E-state index in [1.54, 1.807) is 0 Å². The zero-order chi connectivity index (χ0) is 12.5. The molecule has 4 nitrogen and oxygen atoms in total. The molecule has 0 unspecified atom stereocenters. The first kappa shape index (κ1) is 11.3. The van der Waals surface area contributed by atoms with E-state index in [1.165, 1.54) is 0 Å². The van der Waals surface area contributed by atoms with Crippen LogP contribution in [0.15, 0.2) is 35.1 Å². The van der Waals surface area contributed by atoms with Crippen molar-refractivity contribution in [3.05, 3.63) is 40.7 Å². The van der Waals surface area contributed by atoms with Crippen molar-refractivity contribution in [1.29, 1.82) is 0 Å². The molecular formula is C14H16N2O2. The summed E-state index contributed by atoms with van der Waals surface area (Å²) in [5, 5.41) is 1.60. The van der Waals surface area contributed by atoms with Crippen molar-refractivity contribution in [3.63, 3.8) is 0 Å². The molecule has 0 amide bonds. The van der Waals surface area contributed by atoms with Gasteiger partial charge in [-0.25, -0.2) is 0 Å². The number of benzene rings is 1. The molecule has 0 bridgehead atoms. The summed E-state index contributed by atoms with van der Waals surface area (Å²) in [6.45, 7) is 0.716. The van der Waals surface area contributed by atoms with Gasteiger partial charge in [-0.1, -0.05) is 18.2 Å². The number of nitrogens with two attached hydrogens (primary N) is 1. The van der Waals surface area contributed by atoms with Crippen LogP contribution < -0.4 is 16.0 Å². The average molecular weight is 244 g/mol. The average Bonchev–Trinajstić information content (AvgIpc) is 2.33. The molecule has 1 saturated carbocycles. The molecule has 3 N–H and O–H groups in total. The van der Waals surface area contributed by atoms with Crippen LogP contribution in [0.1, 0.15) is 12.8 Å². The van der Waals surface area contributed by atoms with Gasteiger partial charge in [-0.2, -0.15) is 0 Å². The number of ether oxygens (including phenoxy) is 1. The lowest BCUT2D eigenvalue weighted by atomic mass is 9.82. The van der Waals surface area contributed by atoms with Crippen LogP contribution in [0.25, 0.3) is 10.8 Å². The Morgan fingerprint density at radius 3 is 2.89 bits per heavy atom. The third kappa shape index (κ3) is 1.99. The summed E-state index contributed by atoms with van der Waals surface area (Å²) in [6, 6.07) is 9.38. The Bertz CT molecular complexity index is 614. The number of pyridine rings is 1. The quantitative estimate of drug-likeness (QED) is 0.862. The molecule has 2 aromatic rings. The van der Waals surface area contributed by atoms with Crippen LogP contribution in [0, 0.1) is 5.92 Å². The second-order valence-corrected chi connectivity index (χ2v) is 4.86. The predicted octanol–water partition coefficient (Wildman–Crippen LogP) is 1.64. The molecule has 0 atom stereocenters. The Morgan fingerprint density at radius 1 is 1.33 bits per heavy atom. The van der Waals surface area contributed by atoms with E-state index in [0.717, 1.165) is 18.2 Å². The zero-order valence-electron chi connectivity index (χ0n) is 10.1. The summed E-state index contributed by atoms with van der Waals surface area (Å²) in [5.74, 6) is 1.13. The lowest BCUT2D eigenvalue weighted by Gasteiger charge is -2.34. The van der Waals surface area contributed by atoms with Crippen LogP contribution in [0.4, 0.5) is 0 Å². The molecular weight excluding hydrogens is 228 g/mol. The highest BCUT2D eigenvalue weighted by Crippen LogP contribution is 2.30. The van der Waals surface area contributed by atoms with Gasteiger partial charge in [0, 0.05) is 11.5 Å². The molecule has 1 aromatic carbocycles. The number of H-pyrrole nitrogens is 1. The first-order chi connectivity index (χ1) is 8.76. The van der Waals surface area contributed by atoms with E-state index in [1.807, 2.05) is 30.3 Å². The van der Waals surface area contributed by atoms with Gasteiger partial charge in [-0.3, -0.25) is 9.78 Å². The summed E-state index contributed by atoms with van der Waals surface area (Å²) in [4.78, 5) is 14.6. The van der Waals surface area contributed by atoms with E-state index in [2.05, 4.69) is 4.98 Å². The molecule has 0 radical (unpaired) electrons. The van der Waals surface area contributed by atoms with Crippen molar-refractivity contribution in [2.24, 2.45) is 11.7 Å². The van der Waals surface area contributed by atoms with Gasteiger partial charge in [0.2, 0.25) is 0 Å². The highest BCUT2D eigenvalue weighted by molar-refractivity contribution is 5.82. The standard InChI is InChI=1S/C14H16N2O2/c15-8-9-5-11(6-9)18-13-7-10-3-1-2-4-12(10)14(17)16-13/h1-4,7,9,11H,5-6,8,15H2,(H,16,17). The van der Waals surface area contributed by atoms with Crippen LogP contribution in [0.2, 0.25) is 0 Å². The number of nitrogens with one attached hydrogen (secondary N) is 1. The molecule has 0 aliphatic heterocycles. The predicted molar refractivity (Wildman–Crippen MR) is 70.8 cm³/mol. The summed E-state index contributed by atoms with van der Waals surface area (Å²) in [5.41, 5.74) is 5.48. The minimum Gasteiger partial charge on any atom is -0.476 e. The molecule has 0 saturated heterocycles. The van der Waals surface area contributed by atoms with Gasteiger partial charge in [0.05, 0.1) is 0 Å². The van der Waals surface area contributed by atoms with E-state index in [0.29, 0.717) is 23.7 Å². The third-order valence-electron chi connectivity index (χ3n) is 3.55. The minimum atomic E-state index is -0.0993. The normalized spacial score (nSPS) is 22.7. The number of rotatable bonds is 3. The second-order valence-electron chi connectivity index (χ2n) is 4.86. The van der Waals surface area contributed by atoms with E-state index in [-0.39, 0.29) is 11.7 Å². The Kier molecular flexibility index (Phi) is 2.80. The van der Waals surface area contributed by atoms with Crippen molar-refractivity contribution in [2.75, 3.05) is 6.54 Å². The molecule has 1 aliphatic carbocycles. The number of aromatic nitrogens is 1. The van der Waals surface area contributed by atoms with Gasteiger partial charge >= 0.3 is 0 Å². The van der Waals surface area contributed by atoms with Gasteiger partial charge < -0.3 is 10.5 Å². The Labute approximate surface area is 105 Å². The topological polar surface area (TPSA) is 68.1 Å². The Morgan fingerprint density at radius 2 is 2.11 bits per heavy atom.